The number of rotatable bonds is 12. The SMILES string of the molecule is COc1ccc(CN2C(=O)CCN(c3cccc(C#CCCCCCCCn4nc(C)c5ccc(C(N)=O)cc54)n3)C2=O)cc1. The van der Waals surface area contributed by atoms with Gasteiger partial charge in [0.1, 0.15) is 17.3 Å². The summed E-state index contributed by atoms with van der Waals surface area (Å²) in [5.74, 6) is 6.91. The maximum absolute atomic E-state index is 13.3. The van der Waals surface area contributed by atoms with E-state index < -0.39 is 5.91 Å². The third-order valence-electron chi connectivity index (χ3n) is 7.93. The Bertz CT molecular complexity index is 1750. The number of ether oxygens (including phenoxy) is 1. The van der Waals surface area contributed by atoms with Gasteiger partial charge in [0.25, 0.3) is 0 Å². The van der Waals surface area contributed by atoms with Crippen molar-refractivity contribution in [1.82, 2.24) is 19.7 Å². The summed E-state index contributed by atoms with van der Waals surface area (Å²) in [7, 11) is 1.59. The number of hydrogen-bond acceptors (Lipinski definition) is 6. The molecule has 10 nitrogen and oxygen atoms in total. The Kier molecular flexibility index (Phi) is 10.1. The quantitative estimate of drug-likeness (QED) is 0.165. The number of aromatic nitrogens is 3. The summed E-state index contributed by atoms with van der Waals surface area (Å²) in [6, 6.07) is 17.9. The first-order valence-electron chi connectivity index (χ1n) is 15.3. The lowest BCUT2D eigenvalue weighted by Gasteiger charge is -2.33. The number of carbonyl (C=O) groups excluding carboxylic acids is 3. The molecule has 1 saturated heterocycles. The van der Waals surface area contributed by atoms with Crippen molar-refractivity contribution >= 4 is 34.6 Å². The van der Waals surface area contributed by atoms with Crippen molar-refractivity contribution < 1.29 is 19.1 Å². The van der Waals surface area contributed by atoms with Crippen LogP contribution in [0.15, 0.2) is 60.7 Å². The molecule has 0 radical (unpaired) electrons. The summed E-state index contributed by atoms with van der Waals surface area (Å²) in [5, 5.41) is 5.69. The van der Waals surface area contributed by atoms with Gasteiger partial charge in [-0.3, -0.25) is 24.1 Å². The van der Waals surface area contributed by atoms with Crippen LogP contribution in [0.25, 0.3) is 10.9 Å². The van der Waals surface area contributed by atoms with E-state index in [9.17, 15) is 14.4 Å². The largest absolute Gasteiger partial charge is 0.497 e. The molecule has 4 amide bonds. The lowest BCUT2D eigenvalue weighted by molar-refractivity contribution is -0.129. The molecule has 232 valence electrons. The van der Waals surface area contributed by atoms with Gasteiger partial charge in [-0.25, -0.2) is 9.78 Å². The second-order valence-corrected chi connectivity index (χ2v) is 11.1. The Hall–Kier alpha value is -5.17. The van der Waals surface area contributed by atoms with Crippen LogP contribution in [0.5, 0.6) is 5.75 Å². The number of unbranched alkanes of at least 4 members (excludes halogenated alkanes) is 5. The van der Waals surface area contributed by atoms with Crippen molar-refractivity contribution in [2.45, 2.75) is 65.0 Å². The molecule has 0 bridgehead atoms. The first-order chi connectivity index (χ1) is 21.8. The Morgan fingerprint density at radius 3 is 2.56 bits per heavy atom. The van der Waals surface area contributed by atoms with E-state index in [1.54, 1.807) is 24.1 Å². The Morgan fingerprint density at radius 1 is 1.00 bits per heavy atom. The van der Waals surface area contributed by atoms with Gasteiger partial charge in [-0.1, -0.05) is 49.4 Å². The van der Waals surface area contributed by atoms with Crippen molar-refractivity contribution in [1.29, 1.82) is 0 Å². The average Bonchev–Trinajstić information content (AvgIpc) is 3.36. The van der Waals surface area contributed by atoms with Crippen LogP contribution < -0.4 is 15.4 Å². The average molecular weight is 607 g/mol. The highest BCUT2D eigenvalue weighted by atomic mass is 16.5. The third kappa shape index (κ3) is 7.68. The molecule has 45 heavy (non-hydrogen) atoms. The second kappa shape index (κ2) is 14.5. The van der Waals surface area contributed by atoms with Gasteiger partial charge in [0.2, 0.25) is 11.8 Å². The molecule has 3 heterocycles. The molecule has 2 aromatic heterocycles. The van der Waals surface area contributed by atoms with Crippen LogP contribution >= 0.6 is 0 Å². The van der Waals surface area contributed by atoms with Gasteiger partial charge in [-0.15, -0.1) is 0 Å². The van der Waals surface area contributed by atoms with Crippen molar-refractivity contribution in [3.8, 4) is 17.6 Å². The Balaban J connectivity index is 1.07. The maximum atomic E-state index is 13.3. The number of imide groups is 1. The van der Waals surface area contributed by atoms with E-state index in [1.807, 2.05) is 60.1 Å². The van der Waals surface area contributed by atoms with E-state index in [4.69, 9.17) is 10.5 Å². The fraction of sp³-hybridized carbons (Fsp3) is 0.343. The number of methoxy groups -OCH3 is 1. The van der Waals surface area contributed by atoms with E-state index in [0.717, 1.165) is 67.2 Å². The number of anilines is 1. The summed E-state index contributed by atoms with van der Waals surface area (Å²) in [5.41, 5.74) is 9.28. The van der Waals surface area contributed by atoms with Crippen molar-refractivity contribution in [3.63, 3.8) is 0 Å². The molecule has 5 rings (SSSR count). The number of amides is 4. The number of nitrogens with two attached hydrogens (primary N) is 1. The fourth-order valence-electron chi connectivity index (χ4n) is 5.44. The van der Waals surface area contributed by atoms with E-state index in [0.29, 0.717) is 22.8 Å². The van der Waals surface area contributed by atoms with Crippen molar-refractivity contribution in [3.05, 3.63) is 83.2 Å². The molecule has 4 aromatic rings. The van der Waals surface area contributed by atoms with Gasteiger partial charge in [0.05, 0.1) is 24.9 Å². The molecule has 1 aliphatic rings. The molecule has 10 heteroatoms. The van der Waals surface area contributed by atoms with Gasteiger partial charge in [0.15, 0.2) is 0 Å². The van der Waals surface area contributed by atoms with Crippen LogP contribution in [-0.2, 0) is 17.9 Å². The van der Waals surface area contributed by atoms with Crippen LogP contribution in [0.1, 0.15) is 72.3 Å². The Labute approximate surface area is 263 Å². The number of aryl methyl sites for hydroxylation is 2. The highest BCUT2D eigenvalue weighted by molar-refractivity contribution is 6.05. The van der Waals surface area contributed by atoms with Gasteiger partial charge in [-0.05, 0) is 67.6 Å². The summed E-state index contributed by atoms with van der Waals surface area (Å²) < 4.78 is 7.16. The third-order valence-corrected chi connectivity index (χ3v) is 7.93. The van der Waals surface area contributed by atoms with Crippen molar-refractivity contribution in [2.24, 2.45) is 5.73 Å². The van der Waals surface area contributed by atoms with Crippen LogP contribution in [0, 0.1) is 18.8 Å². The molecule has 0 unspecified atom stereocenters. The summed E-state index contributed by atoms with van der Waals surface area (Å²) in [6.07, 6.45) is 6.24. The number of pyridine rings is 1. The molecular formula is C35H38N6O4. The number of benzene rings is 2. The molecule has 0 aliphatic carbocycles. The van der Waals surface area contributed by atoms with E-state index in [-0.39, 0.29) is 31.4 Å². The van der Waals surface area contributed by atoms with E-state index in [2.05, 4.69) is 21.9 Å². The zero-order valence-electron chi connectivity index (χ0n) is 25.8. The van der Waals surface area contributed by atoms with Gasteiger partial charge < -0.3 is 10.5 Å². The maximum Gasteiger partial charge on any atom is 0.332 e. The summed E-state index contributed by atoms with van der Waals surface area (Å²) in [4.78, 5) is 44.9. The number of carbonyl (C=O) groups is 3. The minimum absolute atomic E-state index is 0.190. The first kappa shape index (κ1) is 31.3. The lowest BCUT2D eigenvalue weighted by atomic mass is 10.1. The van der Waals surface area contributed by atoms with Crippen LogP contribution in [0.2, 0.25) is 0 Å². The van der Waals surface area contributed by atoms with E-state index in [1.165, 1.54) is 4.90 Å². The predicted octanol–water partition coefficient (Wildman–Crippen LogP) is 5.60. The smallest absolute Gasteiger partial charge is 0.332 e. The first-order valence-corrected chi connectivity index (χ1v) is 15.3. The van der Waals surface area contributed by atoms with Crippen molar-refractivity contribution in [2.75, 3.05) is 18.6 Å². The number of primary amides is 1. The molecular weight excluding hydrogens is 568 g/mol. The molecule has 0 atom stereocenters. The lowest BCUT2D eigenvalue weighted by Crippen LogP contribution is -2.52. The molecule has 0 spiro atoms. The van der Waals surface area contributed by atoms with Gasteiger partial charge in [-0.2, -0.15) is 5.10 Å². The molecule has 2 N–H and O–H groups in total. The zero-order valence-corrected chi connectivity index (χ0v) is 25.8. The summed E-state index contributed by atoms with van der Waals surface area (Å²) in [6.45, 7) is 3.24. The number of nitrogens with zero attached hydrogens (tertiary/aromatic N) is 5. The van der Waals surface area contributed by atoms with Gasteiger partial charge >= 0.3 is 6.03 Å². The van der Waals surface area contributed by atoms with Crippen LogP contribution in [0.3, 0.4) is 0 Å². The minimum Gasteiger partial charge on any atom is -0.497 e. The normalized spacial score (nSPS) is 13.2. The monoisotopic (exact) mass is 606 g/mol. The van der Waals surface area contributed by atoms with Crippen LogP contribution in [0.4, 0.5) is 10.6 Å². The molecule has 0 saturated carbocycles. The molecule has 1 fully saturated rings. The highest BCUT2D eigenvalue weighted by Crippen LogP contribution is 2.23. The highest BCUT2D eigenvalue weighted by Gasteiger charge is 2.33. The van der Waals surface area contributed by atoms with E-state index >= 15 is 0 Å². The second-order valence-electron chi connectivity index (χ2n) is 11.1. The summed E-state index contributed by atoms with van der Waals surface area (Å²) >= 11 is 0. The number of urea groups is 1. The van der Waals surface area contributed by atoms with Gasteiger partial charge in [0, 0.05) is 36.9 Å². The zero-order chi connectivity index (χ0) is 31.8. The fourth-order valence-corrected chi connectivity index (χ4v) is 5.44. The molecule has 2 aromatic carbocycles. The predicted molar refractivity (Wildman–Crippen MR) is 173 cm³/mol. The Morgan fingerprint density at radius 2 is 1.78 bits per heavy atom. The van der Waals surface area contributed by atoms with Crippen LogP contribution in [-0.4, -0.2) is 51.2 Å². The number of fused-ring (bicyclic) bond motifs is 1. The molecule has 1 aliphatic heterocycles. The minimum atomic E-state index is -0.434. The topological polar surface area (TPSA) is 124 Å². The standard InChI is InChI=1S/C35H38N6O4/c1-25-30-19-16-27(34(36)43)23-31(30)41(38-25)21-9-7-5-3-4-6-8-11-28-12-10-13-32(37-28)39-22-20-33(42)40(35(39)44)24-26-14-17-29(45-2)18-15-26/h10,12-19,23H,3-7,9,20-22,24H2,1-2H3,(H2,36,43). The number of hydrogen-bond donors (Lipinski definition) is 1.